The maximum Gasteiger partial charge on any atom is 0.408 e. The highest BCUT2D eigenvalue weighted by molar-refractivity contribution is 7.18. The maximum atomic E-state index is 12.5. The first-order valence-corrected chi connectivity index (χ1v) is 9.15. The van der Waals surface area contributed by atoms with Crippen LogP contribution in [0.1, 0.15) is 32.8 Å². The molecule has 1 fully saturated rings. The summed E-state index contributed by atoms with van der Waals surface area (Å²) in [6.45, 7) is 6.34. The van der Waals surface area contributed by atoms with Crippen molar-refractivity contribution in [3.05, 3.63) is 22.4 Å². The third-order valence-corrected chi connectivity index (χ3v) is 5.16. The molecular weight excluding hydrogens is 364 g/mol. The van der Waals surface area contributed by atoms with E-state index >= 15 is 0 Å². The van der Waals surface area contributed by atoms with Crippen LogP contribution in [0.15, 0.2) is 11.7 Å². The van der Waals surface area contributed by atoms with Gasteiger partial charge >= 0.3 is 6.09 Å². The minimum absolute atomic E-state index is 0.120. The third kappa shape index (κ3) is 4.01. The van der Waals surface area contributed by atoms with E-state index in [9.17, 15) is 9.59 Å². The molecule has 1 aliphatic rings. The smallest absolute Gasteiger partial charge is 0.408 e. The molecule has 1 unspecified atom stereocenters. The van der Waals surface area contributed by atoms with Crippen LogP contribution in [0.4, 0.5) is 4.79 Å². The van der Waals surface area contributed by atoms with E-state index in [0.717, 1.165) is 15.8 Å². The monoisotopic (exact) mass is 382 g/mol. The first-order chi connectivity index (χ1) is 11.7. The highest BCUT2D eigenvalue weighted by atomic mass is 35.5. The number of halogens is 1. The van der Waals surface area contributed by atoms with Gasteiger partial charge in [0.05, 0.1) is 10.2 Å². The summed E-state index contributed by atoms with van der Waals surface area (Å²) >= 11 is 7.52. The molecule has 1 atom stereocenters. The fourth-order valence-corrected chi connectivity index (χ4v) is 3.83. The number of carbonyl (C=O) groups excluding carboxylic acids is 2. The molecule has 2 aromatic rings. The Bertz CT molecular complexity index is 817. The average Bonchev–Trinajstić information content (AvgIpc) is 3.05. The molecule has 134 valence electrons. The second-order valence-corrected chi connectivity index (χ2v) is 8.09. The van der Waals surface area contributed by atoms with E-state index in [1.807, 2.05) is 5.38 Å². The van der Waals surface area contributed by atoms with Crippen LogP contribution in [0.25, 0.3) is 10.2 Å². The molecule has 2 aromatic heterocycles. The molecule has 1 saturated heterocycles. The number of alkyl carbamates (subject to hydrolysis) is 1. The van der Waals surface area contributed by atoms with Crippen molar-refractivity contribution in [2.75, 3.05) is 6.54 Å². The number of hydrogen-bond donors (Lipinski definition) is 1. The lowest BCUT2D eigenvalue weighted by molar-refractivity contribution is -0.129. The number of amides is 2. The number of rotatable bonds is 3. The molecule has 0 saturated carbocycles. The SMILES string of the molecule is CC(C)(C)OC(=O)NC1CCN(Cc2csc3c(Cl)ncnc23)C1=O. The number of aromatic nitrogens is 2. The Labute approximate surface area is 154 Å². The van der Waals surface area contributed by atoms with Gasteiger partial charge in [-0.3, -0.25) is 4.79 Å². The van der Waals surface area contributed by atoms with E-state index in [1.54, 1.807) is 25.7 Å². The molecular formula is C16H19ClN4O3S. The molecule has 0 aromatic carbocycles. The fourth-order valence-electron chi connectivity index (χ4n) is 2.67. The van der Waals surface area contributed by atoms with Gasteiger partial charge in [-0.05, 0) is 32.6 Å². The summed E-state index contributed by atoms with van der Waals surface area (Å²) < 4.78 is 6.02. The predicted molar refractivity (Wildman–Crippen MR) is 95.6 cm³/mol. The first kappa shape index (κ1) is 17.9. The van der Waals surface area contributed by atoms with Gasteiger partial charge in [0.2, 0.25) is 5.91 Å². The Balaban J connectivity index is 1.66. The highest BCUT2D eigenvalue weighted by Gasteiger charge is 2.34. The second-order valence-electron chi connectivity index (χ2n) is 6.85. The molecule has 3 rings (SSSR count). The van der Waals surface area contributed by atoms with E-state index in [4.69, 9.17) is 16.3 Å². The standard InChI is InChI=1S/C16H19ClN4O3S/c1-16(2,3)24-15(23)20-10-4-5-21(14(10)22)6-9-7-25-12-11(9)18-8-19-13(12)17/h7-8,10H,4-6H2,1-3H3,(H,20,23). The number of thiophene rings is 1. The summed E-state index contributed by atoms with van der Waals surface area (Å²) in [4.78, 5) is 34.3. The number of ether oxygens (including phenoxy) is 1. The Morgan fingerprint density at radius 1 is 1.48 bits per heavy atom. The average molecular weight is 383 g/mol. The molecule has 0 spiro atoms. The zero-order valence-corrected chi connectivity index (χ0v) is 15.8. The maximum absolute atomic E-state index is 12.5. The van der Waals surface area contributed by atoms with E-state index in [0.29, 0.717) is 24.7 Å². The van der Waals surface area contributed by atoms with Gasteiger partial charge in [-0.15, -0.1) is 11.3 Å². The molecule has 9 heteroatoms. The van der Waals surface area contributed by atoms with Crippen LogP contribution in [-0.4, -0.2) is 45.1 Å². The van der Waals surface area contributed by atoms with Gasteiger partial charge < -0.3 is 15.0 Å². The zero-order valence-electron chi connectivity index (χ0n) is 14.2. The van der Waals surface area contributed by atoms with Crippen molar-refractivity contribution in [2.45, 2.75) is 45.4 Å². The lowest BCUT2D eigenvalue weighted by Crippen LogP contribution is -2.43. The summed E-state index contributed by atoms with van der Waals surface area (Å²) in [7, 11) is 0. The predicted octanol–water partition coefficient (Wildman–Crippen LogP) is 2.97. The van der Waals surface area contributed by atoms with E-state index in [1.165, 1.54) is 17.7 Å². The van der Waals surface area contributed by atoms with Gasteiger partial charge in [-0.2, -0.15) is 0 Å². The van der Waals surface area contributed by atoms with Crippen molar-refractivity contribution in [1.29, 1.82) is 0 Å². The summed E-state index contributed by atoms with van der Waals surface area (Å²) in [6, 6.07) is -0.557. The van der Waals surface area contributed by atoms with Crippen LogP contribution in [0.3, 0.4) is 0 Å². The van der Waals surface area contributed by atoms with E-state index < -0.39 is 17.7 Å². The Morgan fingerprint density at radius 3 is 2.96 bits per heavy atom. The molecule has 7 nitrogen and oxygen atoms in total. The summed E-state index contributed by atoms with van der Waals surface area (Å²) in [5.41, 5.74) is 1.09. The van der Waals surface area contributed by atoms with Crippen molar-refractivity contribution in [3.63, 3.8) is 0 Å². The van der Waals surface area contributed by atoms with Gasteiger partial charge in [0, 0.05) is 18.7 Å². The molecule has 2 amide bonds. The molecule has 1 N–H and O–H groups in total. The van der Waals surface area contributed by atoms with Crippen LogP contribution in [0, 0.1) is 0 Å². The molecule has 25 heavy (non-hydrogen) atoms. The minimum Gasteiger partial charge on any atom is -0.444 e. The lowest BCUT2D eigenvalue weighted by atomic mass is 10.2. The molecule has 0 bridgehead atoms. The van der Waals surface area contributed by atoms with Gasteiger partial charge in [0.1, 0.15) is 23.1 Å². The van der Waals surface area contributed by atoms with Gasteiger partial charge in [-0.25, -0.2) is 14.8 Å². The molecule has 3 heterocycles. The summed E-state index contributed by atoms with van der Waals surface area (Å²) in [6.07, 6.45) is 1.39. The van der Waals surface area contributed by atoms with Gasteiger partial charge in [0.25, 0.3) is 0 Å². The second kappa shape index (κ2) is 6.76. The van der Waals surface area contributed by atoms with Crippen molar-refractivity contribution in [3.8, 4) is 0 Å². The van der Waals surface area contributed by atoms with Crippen LogP contribution in [0.5, 0.6) is 0 Å². The Hall–Kier alpha value is -1.93. The quantitative estimate of drug-likeness (QED) is 0.825. The van der Waals surface area contributed by atoms with Crippen LogP contribution >= 0.6 is 22.9 Å². The summed E-state index contributed by atoms with van der Waals surface area (Å²) in [5, 5.41) is 5.00. The van der Waals surface area contributed by atoms with Crippen molar-refractivity contribution < 1.29 is 14.3 Å². The largest absolute Gasteiger partial charge is 0.444 e. The zero-order chi connectivity index (χ0) is 18.2. The molecule has 1 aliphatic heterocycles. The number of likely N-dealkylation sites (tertiary alicyclic amines) is 1. The van der Waals surface area contributed by atoms with Crippen LogP contribution in [-0.2, 0) is 16.1 Å². The number of nitrogens with zero attached hydrogens (tertiary/aromatic N) is 3. The van der Waals surface area contributed by atoms with Crippen molar-refractivity contribution in [2.24, 2.45) is 0 Å². The molecule has 0 aliphatic carbocycles. The van der Waals surface area contributed by atoms with Crippen molar-refractivity contribution in [1.82, 2.24) is 20.2 Å². The van der Waals surface area contributed by atoms with Crippen LogP contribution < -0.4 is 5.32 Å². The van der Waals surface area contributed by atoms with Crippen LogP contribution in [0.2, 0.25) is 5.15 Å². The number of hydrogen-bond acceptors (Lipinski definition) is 6. The first-order valence-electron chi connectivity index (χ1n) is 7.89. The van der Waals surface area contributed by atoms with E-state index in [2.05, 4.69) is 15.3 Å². The lowest BCUT2D eigenvalue weighted by Gasteiger charge is -2.21. The van der Waals surface area contributed by atoms with Gasteiger partial charge in [-0.1, -0.05) is 11.6 Å². The Kier molecular flexibility index (Phi) is 4.83. The van der Waals surface area contributed by atoms with Crippen molar-refractivity contribution >= 4 is 45.2 Å². The third-order valence-electron chi connectivity index (χ3n) is 3.73. The number of nitrogens with one attached hydrogen (secondary N) is 1. The summed E-state index contributed by atoms with van der Waals surface area (Å²) in [5.74, 6) is -0.120. The van der Waals surface area contributed by atoms with E-state index in [-0.39, 0.29) is 5.91 Å². The topological polar surface area (TPSA) is 84.4 Å². The highest BCUT2D eigenvalue weighted by Crippen LogP contribution is 2.30. The minimum atomic E-state index is -0.597. The Morgan fingerprint density at radius 2 is 2.24 bits per heavy atom. The number of fused-ring (bicyclic) bond motifs is 1. The van der Waals surface area contributed by atoms with Gasteiger partial charge in [0.15, 0.2) is 0 Å². The normalized spacial score (nSPS) is 18.0. The molecule has 0 radical (unpaired) electrons. The fraction of sp³-hybridized carbons (Fsp3) is 0.500. The number of carbonyl (C=O) groups is 2.